The maximum atomic E-state index is 11.8. The molecule has 1 saturated heterocycles. The molecular formula is C38H56N2O3S. The standard InChI is InChI=1S/C38H56N2O3S/c1-35(2)29(26-7-9-27(10-8-26)34(41)42)13-17-37(4)32(35)15-18-36(3)30-14-19-38(39-20-21-40-22-24-44(43)25-23-40)16-5-6-31(38)28(30)11-12-33(36)37/h7-10,13,28,30-33,39H,5-6,11-12,14-25H2,1-4H3,(H,41,42). The molecule has 8 unspecified atom stereocenters. The summed E-state index contributed by atoms with van der Waals surface area (Å²) in [6, 6.07) is 7.63. The fourth-order valence-corrected chi connectivity index (χ4v) is 13.9. The zero-order chi connectivity index (χ0) is 30.9. The number of benzene rings is 1. The highest BCUT2D eigenvalue weighted by Gasteiger charge is 2.65. The van der Waals surface area contributed by atoms with Gasteiger partial charge in [-0.15, -0.1) is 0 Å². The highest BCUT2D eigenvalue weighted by atomic mass is 32.2. The molecule has 1 aromatic rings. The van der Waals surface area contributed by atoms with Crippen molar-refractivity contribution in [2.75, 3.05) is 37.7 Å². The van der Waals surface area contributed by atoms with Crippen molar-refractivity contribution < 1.29 is 14.1 Å². The largest absolute Gasteiger partial charge is 0.478 e. The molecule has 8 atom stereocenters. The zero-order valence-electron chi connectivity index (χ0n) is 27.7. The van der Waals surface area contributed by atoms with Gasteiger partial charge < -0.3 is 15.3 Å². The van der Waals surface area contributed by atoms with E-state index < -0.39 is 16.8 Å². The van der Waals surface area contributed by atoms with Crippen LogP contribution in [0.15, 0.2) is 30.3 Å². The molecule has 5 fully saturated rings. The maximum Gasteiger partial charge on any atom is 0.335 e. The Kier molecular flexibility index (Phi) is 8.02. The monoisotopic (exact) mass is 620 g/mol. The van der Waals surface area contributed by atoms with E-state index in [9.17, 15) is 14.1 Å². The highest BCUT2D eigenvalue weighted by Crippen LogP contribution is 2.72. The van der Waals surface area contributed by atoms with Crippen molar-refractivity contribution in [3.63, 3.8) is 0 Å². The zero-order valence-corrected chi connectivity index (χ0v) is 28.5. The number of allylic oxidation sites excluding steroid dienone is 2. The number of hydrogen-bond acceptors (Lipinski definition) is 4. The van der Waals surface area contributed by atoms with Crippen LogP contribution in [0.5, 0.6) is 0 Å². The van der Waals surface area contributed by atoms with Crippen molar-refractivity contribution in [3.05, 3.63) is 41.5 Å². The molecule has 0 radical (unpaired) electrons. The van der Waals surface area contributed by atoms with Gasteiger partial charge in [0.05, 0.1) is 5.56 Å². The number of fused-ring (bicyclic) bond motifs is 7. The molecular weight excluding hydrogens is 564 g/mol. The first-order valence-corrected chi connectivity index (χ1v) is 19.3. The quantitative estimate of drug-likeness (QED) is 0.351. The summed E-state index contributed by atoms with van der Waals surface area (Å²) in [7, 11) is -0.595. The molecule has 1 heterocycles. The summed E-state index contributed by atoms with van der Waals surface area (Å²) in [6.45, 7) is 14.5. The molecule has 6 heteroatoms. The van der Waals surface area contributed by atoms with Crippen LogP contribution in [-0.2, 0) is 10.8 Å². The Morgan fingerprint density at radius 3 is 2.39 bits per heavy atom. The molecule has 0 bridgehead atoms. The van der Waals surface area contributed by atoms with Crippen LogP contribution >= 0.6 is 0 Å². The first-order valence-electron chi connectivity index (χ1n) is 17.8. The Morgan fingerprint density at radius 1 is 0.909 bits per heavy atom. The van der Waals surface area contributed by atoms with Crippen LogP contribution in [0, 0.1) is 45.8 Å². The minimum absolute atomic E-state index is 0.0659. The molecule has 6 aliphatic rings. The summed E-state index contributed by atoms with van der Waals surface area (Å²) in [4.78, 5) is 14.0. The van der Waals surface area contributed by atoms with Crippen LogP contribution in [0.4, 0.5) is 0 Å². The molecule has 44 heavy (non-hydrogen) atoms. The lowest BCUT2D eigenvalue weighted by Crippen LogP contribution is -2.63. The SMILES string of the molecule is CC1(C)C(c2ccc(C(=O)O)cc2)=CCC2(C)C1CCC1(C)C3CCC4(NCCN5CCS(=O)CC5)CCCC4C3CCC12. The Bertz CT molecular complexity index is 1310. The van der Waals surface area contributed by atoms with Crippen LogP contribution in [0.3, 0.4) is 0 Å². The van der Waals surface area contributed by atoms with Crippen LogP contribution in [0.25, 0.3) is 5.57 Å². The second-order valence-electron chi connectivity index (χ2n) is 16.7. The van der Waals surface area contributed by atoms with E-state index in [-0.39, 0.29) is 5.41 Å². The van der Waals surface area contributed by atoms with Gasteiger partial charge in [-0.25, -0.2) is 4.79 Å². The van der Waals surface area contributed by atoms with Crippen molar-refractivity contribution >= 4 is 22.3 Å². The second kappa shape index (κ2) is 11.3. The number of aromatic carboxylic acids is 1. The van der Waals surface area contributed by atoms with Gasteiger partial charge in [-0.3, -0.25) is 4.21 Å². The van der Waals surface area contributed by atoms with Crippen LogP contribution in [0.2, 0.25) is 0 Å². The van der Waals surface area contributed by atoms with Crippen LogP contribution in [-0.4, -0.2) is 63.4 Å². The fourth-order valence-electron chi connectivity index (χ4n) is 12.8. The van der Waals surface area contributed by atoms with Crippen molar-refractivity contribution in [2.24, 2.45) is 45.8 Å². The number of carboxylic acids is 1. The molecule has 2 N–H and O–H groups in total. The average Bonchev–Trinajstić information content (AvgIpc) is 3.42. The Labute approximate surface area is 268 Å². The summed E-state index contributed by atoms with van der Waals surface area (Å²) in [6.07, 6.45) is 16.1. The summed E-state index contributed by atoms with van der Waals surface area (Å²) in [5.74, 6) is 4.82. The van der Waals surface area contributed by atoms with Gasteiger partial charge in [0, 0.05) is 54.0 Å². The van der Waals surface area contributed by atoms with E-state index in [2.05, 4.69) is 44.0 Å². The minimum atomic E-state index is -0.853. The molecule has 5 aliphatic carbocycles. The number of hydrogen-bond donors (Lipinski definition) is 2. The van der Waals surface area contributed by atoms with E-state index in [0.717, 1.165) is 67.8 Å². The molecule has 1 aromatic carbocycles. The van der Waals surface area contributed by atoms with Gasteiger partial charge in [-0.05, 0) is 127 Å². The predicted octanol–water partition coefficient (Wildman–Crippen LogP) is 7.25. The number of nitrogens with one attached hydrogen (secondary N) is 1. The molecule has 242 valence electrons. The van der Waals surface area contributed by atoms with Gasteiger partial charge >= 0.3 is 5.97 Å². The Balaban J connectivity index is 1.08. The Morgan fingerprint density at radius 2 is 1.66 bits per heavy atom. The molecule has 0 spiro atoms. The molecule has 4 saturated carbocycles. The Hall–Kier alpha value is -1.50. The summed E-state index contributed by atoms with van der Waals surface area (Å²) in [5, 5.41) is 13.6. The number of rotatable bonds is 6. The predicted molar refractivity (Wildman–Crippen MR) is 180 cm³/mol. The molecule has 1 aliphatic heterocycles. The number of carbonyl (C=O) groups is 1. The van der Waals surface area contributed by atoms with Crippen molar-refractivity contribution in [1.29, 1.82) is 0 Å². The lowest BCUT2D eigenvalue weighted by molar-refractivity contribution is -0.172. The first-order chi connectivity index (χ1) is 21.0. The lowest BCUT2D eigenvalue weighted by atomic mass is 9.37. The lowest BCUT2D eigenvalue weighted by Gasteiger charge is -2.68. The van der Waals surface area contributed by atoms with Gasteiger partial charge in [-0.1, -0.05) is 52.3 Å². The summed E-state index contributed by atoms with van der Waals surface area (Å²) in [5.41, 5.74) is 4.15. The van der Waals surface area contributed by atoms with Gasteiger partial charge in [0.25, 0.3) is 0 Å². The molecule has 5 nitrogen and oxygen atoms in total. The van der Waals surface area contributed by atoms with Crippen molar-refractivity contribution in [2.45, 2.75) is 97.4 Å². The highest BCUT2D eigenvalue weighted by molar-refractivity contribution is 7.85. The molecule has 0 amide bonds. The smallest absolute Gasteiger partial charge is 0.335 e. The van der Waals surface area contributed by atoms with E-state index in [0.29, 0.717) is 27.9 Å². The van der Waals surface area contributed by atoms with E-state index in [4.69, 9.17) is 0 Å². The van der Waals surface area contributed by atoms with E-state index >= 15 is 0 Å². The molecule has 7 rings (SSSR count). The van der Waals surface area contributed by atoms with Crippen molar-refractivity contribution in [3.8, 4) is 0 Å². The van der Waals surface area contributed by atoms with Crippen LogP contribution < -0.4 is 5.32 Å². The minimum Gasteiger partial charge on any atom is -0.478 e. The van der Waals surface area contributed by atoms with Gasteiger partial charge in [-0.2, -0.15) is 0 Å². The van der Waals surface area contributed by atoms with E-state index in [1.54, 1.807) is 12.1 Å². The third-order valence-corrected chi connectivity index (χ3v) is 16.0. The molecule has 0 aromatic heterocycles. The first kappa shape index (κ1) is 31.1. The number of nitrogens with zero attached hydrogens (tertiary/aromatic N) is 1. The third kappa shape index (κ3) is 4.91. The normalized spacial score (nSPS) is 42.0. The van der Waals surface area contributed by atoms with Gasteiger partial charge in [0.2, 0.25) is 0 Å². The van der Waals surface area contributed by atoms with Crippen LogP contribution in [0.1, 0.15) is 108 Å². The number of carboxylic acid groups (broad SMARTS) is 1. The van der Waals surface area contributed by atoms with Crippen molar-refractivity contribution in [1.82, 2.24) is 10.2 Å². The summed E-state index contributed by atoms with van der Waals surface area (Å²) < 4.78 is 11.8. The average molecular weight is 621 g/mol. The summed E-state index contributed by atoms with van der Waals surface area (Å²) >= 11 is 0. The van der Waals surface area contributed by atoms with Gasteiger partial charge in [0.1, 0.15) is 0 Å². The second-order valence-corrected chi connectivity index (χ2v) is 18.4. The van der Waals surface area contributed by atoms with E-state index in [1.807, 2.05) is 12.1 Å². The third-order valence-electron chi connectivity index (χ3n) is 14.7. The van der Waals surface area contributed by atoms with Gasteiger partial charge in [0.15, 0.2) is 0 Å². The topological polar surface area (TPSA) is 69.6 Å². The fraction of sp³-hybridized carbons (Fsp3) is 0.763. The van der Waals surface area contributed by atoms with E-state index in [1.165, 1.54) is 68.9 Å². The maximum absolute atomic E-state index is 11.8.